The molecule has 0 aliphatic heterocycles. The molecule has 1 amide bonds. The summed E-state index contributed by atoms with van der Waals surface area (Å²) in [5, 5.41) is 8.82. The molecule has 2 aromatic rings. The molecule has 0 radical (unpaired) electrons. The highest BCUT2D eigenvalue weighted by atomic mass is 19.1. The fraction of sp³-hybridized carbons (Fsp3) is 0.350. The number of halogens is 1. The molecule has 0 saturated carbocycles. The summed E-state index contributed by atoms with van der Waals surface area (Å²) in [4.78, 5) is 19.8. The molecule has 0 aliphatic rings. The van der Waals surface area contributed by atoms with Crippen molar-refractivity contribution in [2.24, 2.45) is 4.99 Å². The van der Waals surface area contributed by atoms with E-state index in [-0.39, 0.29) is 23.7 Å². The maximum absolute atomic E-state index is 14.3. The van der Waals surface area contributed by atoms with Crippen LogP contribution in [0.2, 0.25) is 0 Å². The van der Waals surface area contributed by atoms with E-state index >= 15 is 0 Å². The van der Waals surface area contributed by atoms with Crippen molar-refractivity contribution < 1.29 is 13.9 Å². The number of hydrogen-bond acceptors (Lipinski definition) is 4. The van der Waals surface area contributed by atoms with Gasteiger partial charge in [0.25, 0.3) is 0 Å². The minimum absolute atomic E-state index is 0.0865. The van der Waals surface area contributed by atoms with Gasteiger partial charge in [-0.05, 0) is 50.6 Å². The molecule has 2 rings (SSSR count). The van der Waals surface area contributed by atoms with E-state index in [1.165, 1.54) is 12.3 Å². The van der Waals surface area contributed by atoms with Crippen molar-refractivity contribution in [3.63, 3.8) is 0 Å². The van der Waals surface area contributed by atoms with Gasteiger partial charge in [0.05, 0.1) is 12.7 Å². The minimum Gasteiger partial charge on any atom is -0.453 e. The number of rotatable bonds is 6. The summed E-state index contributed by atoms with van der Waals surface area (Å²) in [7, 11) is 1.60. The molecule has 1 aromatic heterocycles. The molecule has 7 nitrogen and oxygen atoms in total. The van der Waals surface area contributed by atoms with Crippen LogP contribution in [0.3, 0.4) is 0 Å². The fourth-order valence-corrected chi connectivity index (χ4v) is 2.30. The van der Waals surface area contributed by atoms with Crippen LogP contribution in [0.25, 0.3) is 0 Å². The van der Waals surface area contributed by atoms with Gasteiger partial charge >= 0.3 is 0 Å². The molecule has 0 saturated heterocycles. The second-order valence-corrected chi connectivity index (χ2v) is 7.13. The monoisotopic (exact) mass is 387 g/mol. The van der Waals surface area contributed by atoms with Gasteiger partial charge in [-0.2, -0.15) is 0 Å². The number of aromatic nitrogens is 1. The Kier molecular flexibility index (Phi) is 7.31. The van der Waals surface area contributed by atoms with Crippen molar-refractivity contribution in [2.75, 3.05) is 13.6 Å². The maximum atomic E-state index is 14.3. The first-order chi connectivity index (χ1) is 13.3. The van der Waals surface area contributed by atoms with Crippen LogP contribution in [0.15, 0.2) is 47.7 Å². The quantitative estimate of drug-likeness (QED) is 0.524. The van der Waals surface area contributed by atoms with Gasteiger partial charge in [-0.15, -0.1) is 0 Å². The van der Waals surface area contributed by atoms with E-state index in [9.17, 15) is 9.18 Å². The van der Waals surface area contributed by atoms with Crippen molar-refractivity contribution in [2.45, 2.75) is 32.9 Å². The summed E-state index contributed by atoms with van der Waals surface area (Å²) in [6.45, 7) is 6.16. The molecule has 0 fully saturated rings. The molecule has 1 aromatic carbocycles. The number of nitrogens with one attached hydrogen (secondary N) is 3. The Morgan fingerprint density at radius 2 is 2.04 bits per heavy atom. The average molecular weight is 387 g/mol. The minimum atomic E-state index is -0.476. The lowest BCUT2D eigenvalue weighted by Gasteiger charge is -2.21. The molecule has 0 atom stereocenters. The van der Waals surface area contributed by atoms with Crippen LogP contribution in [-0.4, -0.2) is 36.0 Å². The average Bonchev–Trinajstić information content (AvgIpc) is 2.63. The second-order valence-electron chi connectivity index (χ2n) is 7.13. The number of ether oxygens (including phenoxy) is 1. The highest BCUT2D eigenvalue weighted by Gasteiger charge is 2.13. The number of benzene rings is 1. The summed E-state index contributed by atoms with van der Waals surface area (Å²) in [6.07, 6.45) is 3.13. The molecular formula is C20H26FN5O2. The lowest BCUT2D eigenvalue weighted by atomic mass is 10.1. The van der Waals surface area contributed by atoms with Gasteiger partial charge in [0.15, 0.2) is 17.5 Å². The van der Waals surface area contributed by atoms with Crippen LogP contribution in [0, 0.1) is 5.82 Å². The van der Waals surface area contributed by atoms with Gasteiger partial charge in [0.1, 0.15) is 5.75 Å². The molecule has 28 heavy (non-hydrogen) atoms. The predicted octanol–water partition coefficient (Wildman–Crippen LogP) is 2.59. The number of nitrogens with zero attached hydrogens (tertiary/aromatic N) is 2. The van der Waals surface area contributed by atoms with Crippen molar-refractivity contribution in [3.05, 3.63) is 54.1 Å². The van der Waals surface area contributed by atoms with Gasteiger partial charge in [-0.1, -0.05) is 6.07 Å². The lowest BCUT2D eigenvalue weighted by Crippen LogP contribution is -2.48. The molecule has 3 N–H and O–H groups in total. The first kappa shape index (κ1) is 21.1. The van der Waals surface area contributed by atoms with Crippen LogP contribution in [0.1, 0.15) is 26.3 Å². The number of aliphatic imine (C=N–C) groups is 1. The fourth-order valence-electron chi connectivity index (χ4n) is 2.30. The topological polar surface area (TPSA) is 87.6 Å². The van der Waals surface area contributed by atoms with Gasteiger partial charge in [-0.3, -0.25) is 14.8 Å². The first-order valence-corrected chi connectivity index (χ1v) is 8.88. The second kappa shape index (κ2) is 9.68. The number of hydrogen-bond donors (Lipinski definition) is 3. The lowest BCUT2D eigenvalue weighted by molar-refractivity contribution is -0.121. The number of carbonyl (C=O) groups excluding carboxylic acids is 1. The third-order valence-corrected chi connectivity index (χ3v) is 3.47. The molecule has 150 valence electrons. The van der Waals surface area contributed by atoms with Crippen molar-refractivity contribution in [1.82, 2.24) is 20.9 Å². The largest absolute Gasteiger partial charge is 0.453 e. The van der Waals surface area contributed by atoms with Crippen LogP contribution < -0.4 is 20.7 Å². The molecule has 0 spiro atoms. The standard InChI is InChI=1S/C20H26FN5O2/c1-20(2,3)26-18(27)13-25-19(22-4)24-11-14-7-8-17(16(21)10-14)28-15-6-5-9-23-12-15/h5-10,12H,11,13H2,1-4H3,(H,26,27)(H2,22,24,25). The maximum Gasteiger partial charge on any atom is 0.239 e. The summed E-state index contributed by atoms with van der Waals surface area (Å²) in [5.41, 5.74) is 0.408. The Bertz CT molecular complexity index is 819. The summed E-state index contributed by atoms with van der Waals surface area (Å²) >= 11 is 0. The molecule has 8 heteroatoms. The highest BCUT2D eigenvalue weighted by Crippen LogP contribution is 2.24. The first-order valence-electron chi connectivity index (χ1n) is 8.88. The van der Waals surface area contributed by atoms with E-state index in [1.54, 1.807) is 37.5 Å². The Hall–Kier alpha value is -3.16. The van der Waals surface area contributed by atoms with Crippen LogP contribution in [-0.2, 0) is 11.3 Å². The van der Waals surface area contributed by atoms with E-state index in [2.05, 4.69) is 25.9 Å². The third-order valence-electron chi connectivity index (χ3n) is 3.47. The highest BCUT2D eigenvalue weighted by molar-refractivity contribution is 5.86. The molecule has 0 bridgehead atoms. The summed E-state index contributed by atoms with van der Waals surface area (Å²) in [6, 6.07) is 8.12. The van der Waals surface area contributed by atoms with E-state index < -0.39 is 5.82 Å². The zero-order valence-corrected chi connectivity index (χ0v) is 16.5. The van der Waals surface area contributed by atoms with Crippen LogP contribution in [0.5, 0.6) is 11.5 Å². The van der Waals surface area contributed by atoms with E-state index in [1.807, 2.05) is 20.8 Å². The smallest absolute Gasteiger partial charge is 0.239 e. The summed E-state index contributed by atoms with van der Waals surface area (Å²) < 4.78 is 19.8. The molecular weight excluding hydrogens is 361 g/mol. The van der Waals surface area contributed by atoms with E-state index in [4.69, 9.17) is 4.74 Å². The molecule has 0 aliphatic carbocycles. The zero-order valence-electron chi connectivity index (χ0n) is 16.5. The van der Waals surface area contributed by atoms with Crippen molar-refractivity contribution >= 4 is 11.9 Å². The Morgan fingerprint density at radius 1 is 1.25 bits per heavy atom. The van der Waals surface area contributed by atoms with Crippen molar-refractivity contribution in [3.8, 4) is 11.5 Å². The third kappa shape index (κ3) is 7.22. The Balaban J connectivity index is 1.87. The number of guanidine groups is 1. The Morgan fingerprint density at radius 3 is 2.64 bits per heavy atom. The molecule has 1 heterocycles. The van der Waals surface area contributed by atoms with E-state index in [0.717, 1.165) is 0 Å². The van der Waals surface area contributed by atoms with Gasteiger partial charge in [0.2, 0.25) is 5.91 Å². The normalized spacial score (nSPS) is 11.7. The number of carbonyl (C=O) groups is 1. The van der Waals surface area contributed by atoms with Crippen LogP contribution in [0.4, 0.5) is 4.39 Å². The summed E-state index contributed by atoms with van der Waals surface area (Å²) in [5.74, 6) is 0.415. The van der Waals surface area contributed by atoms with Crippen LogP contribution >= 0.6 is 0 Å². The van der Waals surface area contributed by atoms with E-state index in [0.29, 0.717) is 23.8 Å². The zero-order chi connectivity index (χ0) is 20.6. The number of amides is 1. The van der Waals surface area contributed by atoms with Gasteiger partial charge < -0.3 is 20.7 Å². The molecule has 0 unspecified atom stereocenters. The van der Waals surface area contributed by atoms with Gasteiger partial charge in [-0.25, -0.2) is 4.39 Å². The Labute approximate surface area is 164 Å². The number of pyridine rings is 1. The SMILES string of the molecule is CN=C(NCC(=O)NC(C)(C)C)NCc1ccc(Oc2cccnc2)c(F)c1. The van der Waals surface area contributed by atoms with Gasteiger partial charge in [0, 0.05) is 25.3 Å². The van der Waals surface area contributed by atoms with Crippen molar-refractivity contribution in [1.29, 1.82) is 0 Å². The predicted molar refractivity (Wildman–Crippen MR) is 107 cm³/mol.